The molecule has 0 aliphatic rings. The van der Waals surface area contributed by atoms with Gasteiger partial charge in [0, 0.05) is 4.88 Å². The molecule has 1 amide bonds. The van der Waals surface area contributed by atoms with E-state index in [4.69, 9.17) is 5.11 Å². The first-order chi connectivity index (χ1) is 7.60. The highest BCUT2D eigenvalue weighted by Gasteiger charge is 2.20. The quantitative estimate of drug-likeness (QED) is 0.444. The topological polar surface area (TPSA) is 101 Å². The number of thiazole rings is 1. The number of hydrogen-bond acceptors (Lipinski definition) is 6. The van der Waals surface area contributed by atoms with E-state index in [0.717, 1.165) is 11.3 Å². The zero-order chi connectivity index (χ0) is 12.1. The summed E-state index contributed by atoms with van der Waals surface area (Å²) in [5.74, 6) is -1.24. The molecule has 86 valence electrons. The van der Waals surface area contributed by atoms with Crippen LogP contribution >= 0.6 is 11.3 Å². The predicted molar refractivity (Wildman–Crippen MR) is 57.7 cm³/mol. The van der Waals surface area contributed by atoms with Crippen LogP contribution in [0.4, 0.5) is 5.13 Å². The molecule has 0 bridgehead atoms. The Labute approximate surface area is 94.7 Å². The third-order valence-corrected chi connectivity index (χ3v) is 2.49. The Morgan fingerprint density at radius 2 is 2.38 bits per heavy atom. The first-order valence-electron chi connectivity index (χ1n) is 4.12. The van der Waals surface area contributed by atoms with Gasteiger partial charge in [0.2, 0.25) is 12.1 Å². The molecule has 1 rings (SSSR count). The van der Waals surface area contributed by atoms with Gasteiger partial charge in [-0.15, -0.1) is 11.3 Å². The minimum absolute atomic E-state index is 0.184. The van der Waals surface area contributed by atoms with Crippen molar-refractivity contribution in [1.82, 2.24) is 4.98 Å². The maximum Gasteiger partial charge on any atom is 0.360 e. The Morgan fingerprint density at radius 3 is 2.88 bits per heavy atom. The Hall–Kier alpha value is -1.96. The van der Waals surface area contributed by atoms with Crippen molar-refractivity contribution >= 4 is 34.6 Å². The van der Waals surface area contributed by atoms with E-state index in [2.05, 4.69) is 20.3 Å². The normalized spacial score (nSPS) is 11.0. The fourth-order valence-electron chi connectivity index (χ4n) is 1.00. The number of carbonyl (C=O) groups excluding carboxylic acids is 1. The number of nitrogens with one attached hydrogen (secondary N) is 1. The van der Waals surface area contributed by atoms with E-state index in [-0.39, 0.29) is 11.4 Å². The monoisotopic (exact) mass is 243 g/mol. The first-order valence-corrected chi connectivity index (χ1v) is 4.94. The Kier molecular flexibility index (Phi) is 3.95. The van der Waals surface area contributed by atoms with Crippen LogP contribution in [0.15, 0.2) is 5.16 Å². The van der Waals surface area contributed by atoms with Gasteiger partial charge in [0.25, 0.3) is 0 Å². The number of carboxylic acids is 1. The molecule has 0 unspecified atom stereocenters. The van der Waals surface area contributed by atoms with Gasteiger partial charge in [-0.3, -0.25) is 4.79 Å². The number of nitrogens with zero attached hydrogens (tertiary/aromatic N) is 2. The highest BCUT2D eigenvalue weighted by atomic mass is 32.1. The minimum Gasteiger partial charge on any atom is -0.476 e. The average Bonchev–Trinajstić information content (AvgIpc) is 2.56. The highest BCUT2D eigenvalue weighted by Crippen LogP contribution is 2.22. The Bertz CT molecular complexity index is 440. The van der Waals surface area contributed by atoms with Gasteiger partial charge in [-0.05, 0) is 6.92 Å². The Morgan fingerprint density at radius 1 is 1.69 bits per heavy atom. The van der Waals surface area contributed by atoms with Crippen molar-refractivity contribution in [2.45, 2.75) is 6.92 Å². The van der Waals surface area contributed by atoms with Crippen molar-refractivity contribution < 1.29 is 19.5 Å². The van der Waals surface area contributed by atoms with Gasteiger partial charge >= 0.3 is 5.97 Å². The predicted octanol–water partition coefficient (Wildman–Crippen LogP) is 0.455. The summed E-state index contributed by atoms with van der Waals surface area (Å²) in [5, 5.41) is 14.9. The molecule has 1 aromatic rings. The van der Waals surface area contributed by atoms with Crippen LogP contribution in [0.5, 0.6) is 0 Å². The second-order valence-electron chi connectivity index (χ2n) is 2.61. The number of aromatic nitrogens is 1. The number of hydrogen-bond donors (Lipinski definition) is 2. The molecule has 0 saturated carbocycles. The van der Waals surface area contributed by atoms with Crippen molar-refractivity contribution in [3.63, 3.8) is 0 Å². The molecule has 0 aromatic carbocycles. The number of rotatable bonds is 5. The van der Waals surface area contributed by atoms with Gasteiger partial charge in [-0.1, -0.05) is 5.16 Å². The van der Waals surface area contributed by atoms with Crippen LogP contribution in [0, 0.1) is 6.92 Å². The van der Waals surface area contributed by atoms with Gasteiger partial charge in [-0.25, -0.2) is 9.78 Å². The molecule has 0 atom stereocenters. The molecule has 0 fully saturated rings. The van der Waals surface area contributed by atoms with E-state index in [1.165, 1.54) is 7.11 Å². The number of aryl methyl sites for hydroxylation is 1. The second-order valence-corrected chi connectivity index (χ2v) is 3.82. The van der Waals surface area contributed by atoms with E-state index in [1.54, 1.807) is 6.92 Å². The number of carboxylic acid groups (broad SMARTS) is 1. The van der Waals surface area contributed by atoms with Gasteiger partial charge in [0.15, 0.2) is 5.13 Å². The van der Waals surface area contributed by atoms with Crippen LogP contribution in [0.1, 0.15) is 10.6 Å². The van der Waals surface area contributed by atoms with Crippen molar-refractivity contribution in [3.05, 3.63) is 10.6 Å². The molecular formula is C8H9N3O4S. The van der Waals surface area contributed by atoms with Crippen LogP contribution in [0.3, 0.4) is 0 Å². The van der Waals surface area contributed by atoms with Crippen LogP contribution < -0.4 is 5.32 Å². The maximum absolute atomic E-state index is 10.9. The van der Waals surface area contributed by atoms with Gasteiger partial charge in [0.1, 0.15) is 12.8 Å². The third kappa shape index (κ3) is 2.54. The number of carbonyl (C=O) groups is 2. The molecule has 1 heterocycles. The van der Waals surface area contributed by atoms with Gasteiger partial charge in [0.05, 0.1) is 0 Å². The number of anilines is 1. The van der Waals surface area contributed by atoms with Crippen molar-refractivity contribution in [2.24, 2.45) is 5.16 Å². The van der Waals surface area contributed by atoms with E-state index in [1.807, 2.05) is 0 Å². The van der Waals surface area contributed by atoms with E-state index < -0.39 is 5.97 Å². The summed E-state index contributed by atoms with van der Waals surface area (Å²) in [6, 6.07) is 0. The van der Waals surface area contributed by atoms with Crippen molar-refractivity contribution in [3.8, 4) is 0 Å². The van der Waals surface area contributed by atoms with Crippen LogP contribution in [0.2, 0.25) is 0 Å². The van der Waals surface area contributed by atoms with Crippen molar-refractivity contribution in [2.75, 3.05) is 12.4 Å². The van der Waals surface area contributed by atoms with Gasteiger partial charge in [-0.2, -0.15) is 0 Å². The largest absolute Gasteiger partial charge is 0.476 e. The first kappa shape index (κ1) is 12.1. The maximum atomic E-state index is 10.9. The standard InChI is InChI=1S/C8H9N3O4S/c1-4-5(6(7(13)14)11-15-2)10-8(16-4)9-3-12/h3H,1-2H3,(H,13,14)(H,9,10,12). The Balaban J connectivity index is 3.14. The summed E-state index contributed by atoms with van der Waals surface area (Å²) in [7, 11) is 1.25. The molecule has 7 nitrogen and oxygen atoms in total. The van der Waals surface area contributed by atoms with Gasteiger partial charge < -0.3 is 15.3 Å². The number of oxime groups is 1. The molecule has 0 aliphatic heterocycles. The summed E-state index contributed by atoms with van der Waals surface area (Å²) < 4.78 is 0. The second kappa shape index (κ2) is 5.21. The molecule has 1 aromatic heterocycles. The SMILES string of the molecule is CON=C(C(=O)O)c1nc(NC=O)sc1C. The smallest absolute Gasteiger partial charge is 0.360 e. The zero-order valence-corrected chi connectivity index (χ0v) is 9.37. The van der Waals surface area contributed by atoms with Crippen LogP contribution in [0.25, 0.3) is 0 Å². The molecule has 2 N–H and O–H groups in total. The summed E-state index contributed by atoms with van der Waals surface area (Å²) >= 11 is 1.16. The van der Waals surface area contributed by atoms with E-state index in [9.17, 15) is 9.59 Å². The van der Waals surface area contributed by atoms with E-state index in [0.29, 0.717) is 16.4 Å². The lowest BCUT2D eigenvalue weighted by atomic mass is 10.2. The molecule has 8 heteroatoms. The average molecular weight is 243 g/mol. The lowest BCUT2D eigenvalue weighted by molar-refractivity contribution is -0.129. The molecule has 16 heavy (non-hydrogen) atoms. The lowest BCUT2D eigenvalue weighted by Crippen LogP contribution is -2.16. The number of aliphatic carboxylic acids is 1. The molecule has 0 saturated heterocycles. The van der Waals surface area contributed by atoms with Crippen LogP contribution in [-0.4, -0.2) is 35.3 Å². The van der Waals surface area contributed by atoms with E-state index >= 15 is 0 Å². The minimum atomic E-state index is -1.24. The molecule has 0 spiro atoms. The fourth-order valence-corrected chi connectivity index (χ4v) is 1.78. The zero-order valence-electron chi connectivity index (χ0n) is 8.55. The highest BCUT2D eigenvalue weighted by molar-refractivity contribution is 7.16. The number of amides is 1. The van der Waals surface area contributed by atoms with Crippen molar-refractivity contribution in [1.29, 1.82) is 0 Å². The summed E-state index contributed by atoms with van der Waals surface area (Å²) in [6.07, 6.45) is 0.468. The molecule has 0 aliphatic carbocycles. The summed E-state index contributed by atoms with van der Waals surface area (Å²) in [5.41, 5.74) is -0.112. The molecule has 0 radical (unpaired) electrons. The third-order valence-electron chi connectivity index (χ3n) is 1.59. The lowest BCUT2D eigenvalue weighted by Gasteiger charge is -1.97. The molecular weight excluding hydrogens is 234 g/mol. The summed E-state index contributed by atoms with van der Waals surface area (Å²) in [4.78, 5) is 30.1. The van der Waals surface area contributed by atoms with Crippen LogP contribution in [-0.2, 0) is 14.4 Å². The fraction of sp³-hybridized carbons (Fsp3) is 0.250. The summed E-state index contributed by atoms with van der Waals surface area (Å²) in [6.45, 7) is 1.68.